The van der Waals surface area contributed by atoms with E-state index in [0.29, 0.717) is 6.29 Å². The van der Waals surface area contributed by atoms with E-state index in [9.17, 15) is 4.79 Å². The van der Waals surface area contributed by atoms with Gasteiger partial charge >= 0.3 is 0 Å². The average molecular weight is 178 g/mol. The first-order valence-electron chi connectivity index (χ1n) is 2.65. The maximum Gasteiger partial charge on any atom is 0.204 e. The van der Waals surface area contributed by atoms with Crippen LogP contribution in [0.25, 0.3) is 0 Å². The van der Waals surface area contributed by atoms with Crippen LogP contribution in [0.15, 0.2) is 23.4 Å². The second-order valence-corrected chi connectivity index (χ2v) is 2.85. The lowest BCUT2D eigenvalue weighted by Gasteiger charge is -2.22. The van der Waals surface area contributed by atoms with Gasteiger partial charge in [0.2, 0.25) is 5.00 Å². The third-order valence-corrected chi connectivity index (χ3v) is 2.06. The van der Waals surface area contributed by atoms with E-state index >= 15 is 0 Å². The lowest BCUT2D eigenvalue weighted by atomic mass is 10.2. The van der Waals surface area contributed by atoms with Gasteiger partial charge in [0.25, 0.3) is 0 Å². The zero-order valence-corrected chi connectivity index (χ0v) is 6.49. The van der Waals surface area contributed by atoms with Gasteiger partial charge in [0.05, 0.1) is 5.03 Å². The summed E-state index contributed by atoms with van der Waals surface area (Å²) in [6.45, 7) is 0. The lowest BCUT2D eigenvalue weighted by Crippen LogP contribution is -2.39. The Bertz CT molecular complexity index is 212. The molecule has 1 heterocycles. The Morgan fingerprint density at radius 3 is 2.80 bits per heavy atom. The molecule has 2 nitrogen and oxygen atoms in total. The van der Waals surface area contributed by atoms with Crippen LogP contribution in [0.4, 0.5) is 0 Å². The average Bonchev–Trinajstić information content (AvgIpc) is 1.96. The Hall–Kier alpha value is -0.470. The maximum atomic E-state index is 10.3. The fourth-order valence-electron chi connectivity index (χ4n) is 0.583. The summed E-state index contributed by atoms with van der Waals surface area (Å²) in [5, 5.41) is 2.90. The number of hydrogen-bond acceptors (Lipinski definition) is 2. The molecule has 1 unspecified atom stereocenters. The second-order valence-electron chi connectivity index (χ2n) is 1.85. The van der Waals surface area contributed by atoms with Crippen molar-refractivity contribution < 1.29 is 4.79 Å². The van der Waals surface area contributed by atoms with E-state index < -0.39 is 5.00 Å². The van der Waals surface area contributed by atoms with Crippen molar-refractivity contribution in [2.24, 2.45) is 0 Å². The Morgan fingerprint density at radius 1 is 1.70 bits per heavy atom. The molecule has 10 heavy (non-hydrogen) atoms. The van der Waals surface area contributed by atoms with Gasteiger partial charge in [-0.2, -0.15) is 0 Å². The summed E-state index contributed by atoms with van der Waals surface area (Å²) in [6, 6.07) is 0. The van der Waals surface area contributed by atoms with Crippen molar-refractivity contribution in [2.45, 2.75) is 5.00 Å². The van der Waals surface area contributed by atoms with Crippen LogP contribution < -0.4 is 5.32 Å². The molecular formula is C6H5Cl2NO. The summed E-state index contributed by atoms with van der Waals surface area (Å²) in [4.78, 5) is 9.10. The number of halogens is 2. The van der Waals surface area contributed by atoms with Crippen LogP contribution in [-0.2, 0) is 4.79 Å². The molecule has 1 N–H and O–H groups in total. The first-order valence-corrected chi connectivity index (χ1v) is 3.40. The Labute approximate surface area is 68.5 Å². The standard InChI is InChI=1S/C6H5Cl2NO/c7-5-2-1-3-9-6(5,8)4-10/h1-4,9H. The van der Waals surface area contributed by atoms with Crippen molar-refractivity contribution in [2.75, 3.05) is 0 Å². The number of aldehydes is 1. The molecule has 0 amide bonds. The maximum absolute atomic E-state index is 10.3. The van der Waals surface area contributed by atoms with Gasteiger partial charge in [-0.3, -0.25) is 4.79 Å². The number of allylic oxidation sites excluding steroid dienone is 2. The summed E-state index contributed by atoms with van der Waals surface area (Å²) in [6.07, 6.45) is 5.36. The highest BCUT2D eigenvalue weighted by molar-refractivity contribution is 6.44. The fraction of sp³-hybridized carbons (Fsp3) is 0.167. The third kappa shape index (κ3) is 1.18. The highest BCUT2D eigenvalue weighted by atomic mass is 35.5. The molecule has 1 rings (SSSR count). The van der Waals surface area contributed by atoms with Gasteiger partial charge in [0.15, 0.2) is 6.29 Å². The number of nitrogens with one attached hydrogen (secondary N) is 1. The molecule has 0 aromatic carbocycles. The van der Waals surface area contributed by atoms with E-state index in [4.69, 9.17) is 23.2 Å². The Kier molecular flexibility index (Phi) is 2.02. The van der Waals surface area contributed by atoms with Crippen molar-refractivity contribution in [1.29, 1.82) is 0 Å². The second kappa shape index (κ2) is 2.64. The van der Waals surface area contributed by atoms with Gasteiger partial charge in [0.1, 0.15) is 0 Å². The first kappa shape index (κ1) is 7.63. The largest absolute Gasteiger partial charge is 0.363 e. The van der Waals surface area contributed by atoms with Gasteiger partial charge in [-0.15, -0.1) is 0 Å². The number of hydrogen-bond donors (Lipinski definition) is 1. The zero-order valence-electron chi connectivity index (χ0n) is 4.97. The minimum Gasteiger partial charge on any atom is -0.363 e. The molecule has 1 aliphatic rings. The topological polar surface area (TPSA) is 29.1 Å². The normalized spacial score (nSPS) is 30.8. The molecular weight excluding hydrogens is 173 g/mol. The minimum atomic E-state index is -1.24. The minimum absolute atomic E-state index is 0.284. The van der Waals surface area contributed by atoms with Crippen LogP contribution in [-0.4, -0.2) is 11.3 Å². The molecule has 0 aliphatic carbocycles. The lowest BCUT2D eigenvalue weighted by molar-refractivity contribution is -0.109. The van der Waals surface area contributed by atoms with Gasteiger partial charge in [-0.05, 0) is 18.4 Å². The Morgan fingerprint density at radius 2 is 2.40 bits per heavy atom. The fourth-order valence-corrected chi connectivity index (χ4v) is 0.880. The summed E-state index contributed by atoms with van der Waals surface area (Å²) < 4.78 is 0. The van der Waals surface area contributed by atoms with Crippen molar-refractivity contribution in [3.8, 4) is 0 Å². The van der Waals surface area contributed by atoms with E-state index in [-0.39, 0.29) is 5.03 Å². The SMILES string of the molecule is O=CC1(Cl)NC=CC=C1Cl. The predicted octanol–water partition coefficient (Wildman–Crippen LogP) is 1.36. The monoisotopic (exact) mass is 177 g/mol. The molecule has 1 aliphatic heterocycles. The number of carbonyl (C=O) groups is 1. The summed E-state index contributed by atoms with van der Waals surface area (Å²) >= 11 is 11.3. The van der Waals surface area contributed by atoms with E-state index in [1.165, 1.54) is 0 Å². The van der Waals surface area contributed by atoms with E-state index in [1.54, 1.807) is 18.4 Å². The van der Waals surface area contributed by atoms with Gasteiger partial charge in [-0.25, -0.2) is 0 Å². The van der Waals surface area contributed by atoms with Crippen LogP contribution in [0.5, 0.6) is 0 Å². The molecule has 0 aromatic rings. The van der Waals surface area contributed by atoms with Crippen LogP contribution in [0.3, 0.4) is 0 Å². The molecule has 0 saturated heterocycles. The van der Waals surface area contributed by atoms with Gasteiger partial charge in [-0.1, -0.05) is 23.2 Å². The van der Waals surface area contributed by atoms with Gasteiger partial charge < -0.3 is 5.32 Å². The third-order valence-electron chi connectivity index (χ3n) is 1.14. The van der Waals surface area contributed by atoms with E-state index in [2.05, 4.69) is 5.32 Å². The molecule has 0 aromatic heterocycles. The molecule has 0 radical (unpaired) electrons. The molecule has 4 heteroatoms. The smallest absolute Gasteiger partial charge is 0.204 e. The van der Waals surface area contributed by atoms with Crippen LogP contribution in [0.1, 0.15) is 0 Å². The van der Waals surface area contributed by atoms with E-state index in [1.807, 2.05) is 0 Å². The van der Waals surface area contributed by atoms with E-state index in [0.717, 1.165) is 0 Å². The summed E-state index contributed by atoms with van der Waals surface area (Å²) in [5.74, 6) is 0. The number of dihydropyridines is 1. The zero-order chi connectivity index (χ0) is 7.61. The number of rotatable bonds is 1. The molecule has 0 bridgehead atoms. The summed E-state index contributed by atoms with van der Waals surface area (Å²) in [5.41, 5.74) is 0. The number of carbonyl (C=O) groups excluding carboxylic acids is 1. The van der Waals surface area contributed by atoms with Crippen molar-refractivity contribution in [1.82, 2.24) is 5.32 Å². The van der Waals surface area contributed by atoms with Crippen molar-refractivity contribution in [3.05, 3.63) is 23.4 Å². The quantitative estimate of drug-likeness (QED) is 0.373. The van der Waals surface area contributed by atoms with Crippen molar-refractivity contribution >= 4 is 29.5 Å². The van der Waals surface area contributed by atoms with Crippen molar-refractivity contribution in [3.63, 3.8) is 0 Å². The summed E-state index contributed by atoms with van der Waals surface area (Å²) in [7, 11) is 0. The van der Waals surface area contributed by atoms with Gasteiger partial charge in [0, 0.05) is 0 Å². The molecule has 0 saturated carbocycles. The molecule has 1 atom stereocenters. The predicted molar refractivity (Wildman–Crippen MR) is 40.9 cm³/mol. The molecule has 0 fully saturated rings. The highest BCUT2D eigenvalue weighted by Gasteiger charge is 2.30. The molecule has 0 spiro atoms. The van der Waals surface area contributed by atoms with Crippen LogP contribution in [0, 0.1) is 0 Å². The Balaban J connectivity index is 2.91. The number of alkyl halides is 1. The highest BCUT2D eigenvalue weighted by Crippen LogP contribution is 2.25. The molecule has 54 valence electrons. The first-order chi connectivity index (χ1) is 4.69. The van der Waals surface area contributed by atoms with Crippen LogP contribution in [0.2, 0.25) is 0 Å². The van der Waals surface area contributed by atoms with Crippen LogP contribution >= 0.6 is 23.2 Å².